The average Bonchev–Trinajstić information content (AvgIpc) is 2.72. The minimum Gasteiger partial charge on any atom is -0.508 e. The molecule has 1 amide bonds. The number of carbonyl (C=O) groups is 1. The predicted octanol–water partition coefficient (Wildman–Crippen LogP) is 1.94. The van der Waals surface area contributed by atoms with Crippen LogP contribution >= 0.6 is 0 Å². The normalized spacial score (nSPS) is 12.5. The van der Waals surface area contributed by atoms with Gasteiger partial charge in [-0.05, 0) is 43.2 Å². The van der Waals surface area contributed by atoms with E-state index in [0.717, 1.165) is 27.3 Å². The second-order valence-electron chi connectivity index (χ2n) is 5.65. The Morgan fingerprint density at radius 3 is 2.61 bits per heavy atom. The third-order valence-electron chi connectivity index (χ3n) is 3.57. The van der Waals surface area contributed by atoms with E-state index in [2.05, 4.69) is 11.9 Å². The number of aromatic hydroxyl groups is 1. The molecule has 0 saturated heterocycles. The zero-order valence-electron chi connectivity index (χ0n) is 14.0. The van der Waals surface area contributed by atoms with Gasteiger partial charge in [0.05, 0.1) is 0 Å². The zero-order chi connectivity index (χ0) is 17.1. The Kier molecular flexibility index (Phi) is 4.74. The lowest BCUT2D eigenvalue weighted by Gasteiger charge is -2.04. The molecule has 0 spiro atoms. The molecule has 2 aromatic rings. The Hall–Kier alpha value is -2.75. The van der Waals surface area contributed by atoms with Gasteiger partial charge in [-0.25, -0.2) is 0 Å². The highest BCUT2D eigenvalue weighted by Gasteiger charge is 2.08. The van der Waals surface area contributed by atoms with Gasteiger partial charge in [-0.1, -0.05) is 18.7 Å². The molecule has 2 N–H and O–H groups in total. The van der Waals surface area contributed by atoms with Crippen LogP contribution in [0.5, 0.6) is 5.75 Å². The Morgan fingerprint density at radius 2 is 2.04 bits per heavy atom. The molecule has 0 fully saturated rings. The molecular weight excluding hydrogens is 288 g/mol. The monoisotopic (exact) mass is 310 g/mol. The Morgan fingerprint density at radius 1 is 1.35 bits per heavy atom. The number of phenolic OH excluding ortho intramolecular Hbond substituents is 1. The van der Waals surface area contributed by atoms with Crippen molar-refractivity contribution in [3.63, 3.8) is 0 Å². The number of hydrogen-bond acceptors (Lipinski definition) is 2. The number of phenols is 1. The van der Waals surface area contributed by atoms with Crippen molar-refractivity contribution in [3.05, 3.63) is 52.8 Å². The van der Waals surface area contributed by atoms with E-state index in [-0.39, 0.29) is 11.7 Å². The maximum atomic E-state index is 11.2. The quantitative estimate of drug-likeness (QED) is 0.910. The van der Waals surface area contributed by atoms with Crippen LogP contribution in [0.25, 0.3) is 23.3 Å². The first-order chi connectivity index (χ1) is 10.8. The maximum absolute atomic E-state index is 11.2. The van der Waals surface area contributed by atoms with Crippen molar-refractivity contribution >= 4 is 18.1 Å². The zero-order valence-corrected chi connectivity index (χ0v) is 14.0. The fourth-order valence-electron chi connectivity index (χ4n) is 2.76. The van der Waals surface area contributed by atoms with Crippen LogP contribution in [0, 0.1) is 6.92 Å². The molecule has 0 aliphatic rings. The summed E-state index contributed by atoms with van der Waals surface area (Å²) in [5.41, 5.74) is 3.42. The molecule has 23 heavy (non-hydrogen) atoms. The van der Waals surface area contributed by atoms with E-state index in [1.54, 1.807) is 12.1 Å². The molecule has 0 saturated carbocycles. The highest BCUT2D eigenvalue weighted by atomic mass is 16.3. The molecule has 1 aromatic heterocycles. The molecule has 0 unspecified atom stereocenters. The minimum atomic E-state index is -0.154. The van der Waals surface area contributed by atoms with Crippen molar-refractivity contribution in [1.29, 1.82) is 0 Å². The second kappa shape index (κ2) is 6.57. The molecule has 0 bridgehead atoms. The van der Waals surface area contributed by atoms with Crippen molar-refractivity contribution in [2.45, 2.75) is 20.8 Å². The van der Waals surface area contributed by atoms with Gasteiger partial charge >= 0.3 is 0 Å². The summed E-state index contributed by atoms with van der Waals surface area (Å²) in [5.74, 6) is 0.0801. The van der Waals surface area contributed by atoms with E-state index in [0.29, 0.717) is 5.70 Å². The van der Waals surface area contributed by atoms with Gasteiger partial charge in [0.15, 0.2) is 0 Å². The second-order valence-corrected chi connectivity index (χ2v) is 5.65. The standard InChI is InChI=1S/C19H22N2O2/c1-6-19-17(9-13(3)20-14(4)22)18(11-21(19)5)15-7-12(2)8-16(23)10-15/h6-11,23H,3H2,1-2,4-5H3,(H,20,22)/b17-9-,19-6+. The number of allylic oxidation sites excluding steroid dienone is 1. The molecule has 0 radical (unpaired) electrons. The number of hydrogen-bond donors (Lipinski definition) is 2. The molecule has 4 heteroatoms. The fourth-order valence-corrected chi connectivity index (χ4v) is 2.76. The Labute approximate surface area is 136 Å². The average molecular weight is 310 g/mol. The van der Waals surface area contributed by atoms with Crippen molar-refractivity contribution in [1.82, 2.24) is 9.88 Å². The molecule has 120 valence electrons. The third kappa shape index (κ3) is 3.72. The van der Waals surface area contributed by atoms with E-state index >= 15 is 0 Å². The number of aromatic nitrogens is 1. The van der Waals surface area contributed by atoms with Gasteiger partial charge in [0.2, 0.25) is 5.91 Å². The van der Waals surface area contributed by atoms with Crippen LogP contribution in [-0.4, -0.2) is 15.6 Å². The fraction of sp³-hybridized carbons (Fsp3) is 0.211. The van der Waals surface area contributed by atoms with E-state index in [1.165, 1.54) is 6.92 Å². The van der Waals surface area contributed by atoms with Crippen LogP contribution in [0.4, 0.5) is 0 Å². The van der Waals surface area contributed by atoms with E-state index in [1.807, 2.05) is 49.9 Å². The summed E-state index contributed by atoms with van der Waals surface area (Å²) in [6, 6.07) is 5.48. The van der Waals surface area contributed by atoms with Crippen LogP contribution < -0.4 is 15.9 Å². The Balaban J connectivity index is 2.73. The summed E-state index contributed by atoms with van der Waals surface area (Å²) in [6.07, 6.45) is 5.87. The van der Waals surface area contributed by atoms with Crippen LogP contribution in [0.1, 0.15) is 19.4 Å². The lowest BCUT2D eigenvalue weighted by Crippen LogP contribution is -2.29. The van der Waals surface area contributed by atoms with Crippen molar-refractivity contribution < 1.29 is 9.90 Å². The van der Waals surface area contributed by atoms with Gasteiger partial charge in [-0.3, -0.25) is 4.79 Å². The number of nitrogens with one attached hydrogen (secondary N) is 1. The summed E-state index contributed by atoms with van der Waals surface area (Å²) < 4.78 is 2.02. The van der Waals surface area contributed by atoms with Crippen molar-refractivity contribution in [2.75, 3.05) is 0 Å². The van der Waals surface area contributed by atoms with Gasteiger partial charge in [0, 0.05) is 42.0 Å². The van der Waals surface area contributed by atoms with Gasteiger partial charge in [-0.2, -0.15) is 0 Å². The summed E-state index contributed by atoms with van der Waals surface area (Å²) >= 11 is 0. The minimum absolute atomic E-state index is 0.154. The molecule has 4 nitrogen and oxygen atoms in total. The SMILES string of the molecule is C=C(/C=c1/c(-c2cc(C)cc(O)c2)cn(C)/c1=C/C)NC(C)=O. The number of nitrogens with zero attached hydrogens (tertiary/aromatic N) is 1. The highest BCUT2D eigenvalue weighted by Crippen LogP contribution is 2.22. The van der Waals surface area contributed by atoms with Gasteiger partial charge in [0.25, 0.3) is 0 Å². The maximum Gasteiger partial charge on any atom is 0.221 e. The number of amides is 1. The van der Waals surface area contributed by atoms with Gasteiger partial charge in [0.1, 0.15) is 5.75 Å². The predicted molar refractivity (Wildman–Crippen MR) is 94.1 cm³/mol. The number of carbonyl (C=O) groups excluding carboxylic acids is 1. The number of aryl methyl sites for hydroxylation is 2. The highest BCUT2D eigenvalue weighted by molar-refractivity contribution is 5.78. The van der Waals surface area contributed by atoms with Gasteiger partial charge in [-0.15, -0.1) is 0 Å². The van der Waals surface area contributed by atoms with Crippen LogP contribution in [0.15, 0.2) is 36.7 Å². The first-order valence-electron chi connectivity index (χ1n) is 7.42. The van der Waals surface area contributed by atoms with Crippen molar-refractivity contribution in [3.8, 4) is 16.9 Å². The number of benzene rings is 1. The molecule has 0 aliphatic carbocycles. The smallest absolute Gasteiger partial charge is 0.221 e. The third-order valence-corrected chi connectivity index (χ3v) is 3.57. The number of rotatable bonds is 3. The van der Waals surface area contributed by atoms with Crippen LogP contribution in [0.2, 0.25) is 0 Å². The summed E-state index contributed by atoms with van der Waals surface area (Å²) in [7, 11) is 1.97. The molecule has 0 atom stereocenters. The largest absolute Gasteiger partial charge is 0.508 e. The summed E-state index contributed by atoms with van der Waals surface area (Å²) in [6.45, 7) is 9.25. The van der Waals surface area contributed by atoms with Crippen LogP contribution in [0.3, 0.4) is 0 Å². The molecule has 1 heterocycles. The lowest BCUT2D eigenvalue weighted by molar-refractivity contribution is -0.118. The van der Waals surface area contributed by atoms with E-state index < -0.39 is 0 Å². The topological polar surface area (TPSA) is 54.3 Å². The molecular formula is C19H22N2O2. The van der Waals surface area contributed by atoms with Crippen LogP contribution in [-0.2, 0) is 11.8 Å². The summed E-state index contributed by atoms with van der Waals surface area (Å²) in [4.78, 5) is 11.2. The molecule has 2 rings (SSSR count). The van der Waals surface area contributed by atoms with E-state index in [4.69, 9.17) is 0 Å². The van der Waals surface area contributed by atoms with E-state index in [9.17, 15) is 9.90 Å². The lowest BCUT2D eigenvalue weighted by atomic mass is 10.0. The first-order valence-corrected chi connectivity index (χ1v) is 7.42. The first kappa shape index (κ1) is 16.6. The van der Waals surface area contributed by atoms with Crippen molar-refractivity contribution in [2.24, 2.45) is 7.05 Å². The molecule has 0 aliphatic heterocycles. The summed E-state index contributed by atoms with van der Waals surface area (Å²) in [5, 5.41) is 14.6. The Bertz CT molecular complexity index is 869. The van der Waals surface area contributed by atoms with Gasteiger partial charge < -0.3 is 15.0 Å². The molecule has 1 aromatic carbocycles.